The van der Waals surface area contributed by atoms with Crippen LogP contribution >= 0.6 is 0 Å². The molecule has 1 aromatic heterocycles. The molecule has 20 heavy (non-hydrogen) atoms. The minimum absolute atomic E-state index is 0.0670. The third-order valence-corrected chi connectivity index (χ3v) is 2.81. The summed E-state index contributed by atoms with van der Waals surface area (Å²) in [5, 5.41) is 7.40. The molecule has 0 bridgehead atoms. The Bertz CT molecular complexity index is 538. The van der Waals surface area contributed by atoms with Gasteiger partial charge in [-0.25, -0.2) is 0 Å². The summed E-state index contributed by atoms with van der Waals surface area (Å²) in [6.07, 6.45) is 0. The summed E-state index contributed by atoms with van der Waals surface area (Å²) < 4.78 is 10.9. The number of nitrogens with zero attached hydrogens (tertiary/aromatic N) is 1. The van der Waals surface area contributed by atoms with Crippen LogP contribution in [0.5, 0.6) is 5.75 Å². The van der Waals surface area contributed by atoms with Crippen molar-refractivity contribution < 1.29 is 9.26 Å². The van der Waals surface area contributed by atoms with E-state index in [1.807, 2.05) is 30.3 Å². The van der Waals surface area contributed by atoms with Gasteiger partial charge < -0.3 is 14.6 Å². The van der Waals surface area contributed by atoms with Crippen LogP contribution in [0.15, 0.2) is 34.9 Å². The molecular formula is C16H22N2O2. The molecule has 0 saturated heterocycles. The molecule has 0 saturated carbocycles. The molecule has 2 aromatic rings. The maximum absolute atomic E-state index is 5.65. The number of rotatable bonds is 5. The van der Waals surface area contributed by atoms with E-state index in [1.54, 1.807) is 0 Å². The number of aromatic nitrogens is 1. The summed E-state index contributed by atoms with van der Waals surface area (Å²) in [4.78, 5) is 0. The third-order valence-electron chi connectivity index (χ3n) is 2.81. The normalized spacial score (nSPS) is 11.6. The first kappa shape index (κ1) is 14.6. The molecule has 108 valence electrons. The molecule has 1 heterocycles. The van der Waals surface area contributed by atoms with E-state index in [-0.39, 0.29) is 5.54 Å². The molecular weight excluding hydrogens is 252 g/mol. The molecule has 0 atom stereocenters. The summed E-state index contributed by atoms with van der Waals surface area (Å²) in [5.41, 5.74) is 2.17. The van der Waals surface area contributed by atoms with Gasteiger partial charge in [0, 0.05) is 18.2 Å². The fourth-order valence-electron chi connectivity index (χ4n) is 1.65. The number of hydrogen-bond donors (Lipinski definition) is 1. The lowest BCUT2D eigenvalue weighted by molar-refractivity contribution is 0.248. The van der Waals surface area contributed by atoms with Crippen molar-refractivity contribution in [3.63, 3.8) is 0 Å². The van der Waals surface area contributed by atoms with Crippen LogP contribution in [0.2, 0.25) is 0 Å². The van der Waals surface area contributed by atoms with Gasteiger partial charge in [0.25, 0.3) is 0 Å². The molecule has 0 unspecified atom stereocenters. The Morgan fingerprint density at radius 2 is 1.90 bits per heavy atom. The van der Waals surface area contributed by atoms with Crippen LogP contribution in [0.3, 0.4) is 0 Å². The minimum Gasteiger partial charge on any atom is -0.486 e. The highest BCUT2D eigenvalue weighted by molar-refractivity contribution is 5.26. The second-order valence-corrected chi connectivity index (χ2v) is 5.99. The van der Waals surface area contributed by atoms with Crippen LogP contribution in [0.4, 0.5) is 0 Å². The van der Waals surface area contributed by atoms with Crippen molar-refractivity contribution in [3.05, 3.63) is 47.3 Å². The molecule has 0 aliphatic rings. The van der Waals surface area contributed by atoms with Gasteiger partial charge in [0.2, 0.25) is 0 Å². The molecule has 4 heteroatoms. The van der Waals surface area contributed by atoms with Crippen molar-refractivity contribution >= 4 is 0 Å². The SMILES string of the molecule is Cc1ccc(OCc2cc(CNC(C)(C)C)no2)cc1. The van der Waals surface area contributed by atoms with Crippen LogP contribution in [0, 0.1) is 6.92 Å². The molecule has 0 amide bonds. The lowest BCUT2D eigenvalue weighted by Crippen LogP contribution is -2.35. The quantitative estimate of drug-likeness (QED) is 0.907. The van der Waals surface area contributed by atoms with Crippen LogP contribution in [0.25, 0.3) is 0 Å². The number of hydrogen-bond acceptors (Lipinski definition) is 4. The highest BCUT2D eigenvalue weighted by Crippen LogP contribution is 2.14. The highest BCUT2D eigenvalue weighted by Gasteiger charge is 2.11. The fraction of sp³-hybridized carbons (Fsp3) is 0.438. The lowest BCUT2D eigenvalue weighted by atomic mass is 10.1. The van der Waals surface area contributed by atoms with Crippen LogP contribution < -0.4 is 10.1 Å². The number of nitrogens with one attached hydrogen (secondary N) is 1. The minimum atomic E-state index is 0.0670. The standard InChI is InChI=1S/C16H22N2O2/c1-12-5-7-14(8-6-12)19-11-15-9-13(18-20-15)10-17-16(2,3)4/h5-9,17H,10-11H2,1-4H3. The first-order valence-corrected chi connectivity index (χ1v) is 6.81. The number of aryl methyl sites for hydroxylation is 1. The van der Waals surface area contributed by atoms with E-state index in [0.717, 1.165) is 17.2 Å². The van der Waals surface area contributed by atoms with E-state index in [0.29, 0.717) is 13.2 Å². The molecule has 0 radical (unpaired) electrons. The van der Waals surface area contributed by atoms with Gasteiger partial charge in [-0.3, -0.25) is 0 Å². The van der Waals surface area contributed by atoms with Gasteiger partial charge in [-0.15, -0.1) is 0 Å². The summed E-state index contributed by atoms with van der Waals surface area (Å²) in [7, 11) is 0. The van der Waals surface area contributed by atoms with Gasteiger partial charge in [-0.05, 0) is 39.8 Å². The average Bonchev–Trinajstić information content (AvgIpc) is 2.83. The van der Waals surface area contributed by atoms with Gasteiger partial charge >= 0.3 is 0 Å². The fourth-order valence-corrected chi connectivity index (χ4v) is 1.65. The van der Waals surface area contributed by atoms with Crippen LogP contribution in [0.1, 0.15) is 37.8 Å². The van der Waals surface area contributed by atoms with E-state index in [1.165, 1.54) is 5.56 Å². The third kappa shape index (κ3) is 4.70. The summed E-state index contributed by atoms with van der Waals surface area (Å²) in [5.74, 6) is 1.57. The molecule has 2 rings (SSSR count). The zero-order valence-electron chi connectivity index (χ0n) is 12.6. The Morgan fingerprint density at radius 1 is 1.20 bits per heavy atom. The topological polar surface area (TPSA) is 47.3 Å². The first-order valence-electron chi connectivity index (χ1n) is 6.81. The summed E-state index contributed by atoms with van der Waals surface area (Å²) in [6, 6.07) is 9.87. The van der Waals surface area contributed by atoms with E-state index in [2.05, 4.69) is 38.2 Å². The van der Waals surface area contributed by atoms with E-state index >= 15 is 0 Å². The van der Waals surface area contributed by atoms with E-state index < -0.39 is 0 Å². The second kappa shape index (κ2) is 6.09. The zero-order chi connectivity index (χ0) is 14.6. The van der Waals surface area contributed by atoms with Crippen molar-refractivity contribution in [2.24, 2.45) is 0 Å². The van der Waals surface area contributed by atoms with Crippen molar-refractivity contribution in [3.8, 4) is 5.75 Å². The average molecular weight is 274 g/mol. The molecule has 0 fully saturated rings. The molecule has 1 N–H and O–H groups in total. The van der Waals surface area contributed by atoms with Crippen molar-refractivity contribution in [1.29, 1.82) is 0 Å². The summed E-state index contributed by atoms with van der Waals surface area (Å²) >= 11 is 0. The Balaban J connectivity index is 1.85. The monoisotopic (exact) mass is 274 g/mol. The number of benzene rings is 1. The van der Waals surface area contributed by atoms with Gasteiger partial charge in [0.1, 0.15) is 12.4 Å². The molecule has 4 nitrogen and oxygen atoms in total. The number of ether oxygens (including phenoxy) is 1. The largest absolute Gasteiger partial charge is 0.486 e. The van der Waals surface area contributed by atoms with Crippen LogP contribution in [-0.4, -0.2) is 10.7 Å². The Hall–Kier alpha value is -1.81. The smallest absolute Gasteiger partial charge is 0.174 e. The predicted molar refractivity (Wildman–Crippen MR) is 78.6 cm³/mol. The highest BCUT2D eigenvalue weighted by atomic mass is 16.5. The predicted octanol–water partition coefficient (Wildman–Crippen LogP) is 3.45. The van der Waals surface area contributed by atoms with Crippen LogP contribution in [-0.2, 0) is 13.2 Å². The molecule has 0 aliphatic heterocycles. The second-order valence-electron chi connectivity index (χ2n) is 5.99. The lowest BCUT2D eigenvalue weighted by Gasteiger charge is -2.19. The molecule has 1 aromatic carbocycles. The summed E-state index contributed by atoms with van der Waals surface area (Å²) in [6.45, 7) is 9.50. The van der Waals surface area contributed by atoms with E-state index in [4.69, 9.17) is 9.26 Å². The van der Waals surface area contributed by atoms with Crippen molar-refractivity contribution in [2.75, 3.05) is 0 Å². The van der Waals surface area contributed by atoms with Crippen molar-refractivity contribution in [1.82, 2.24) is 10.5 Å². The Morgan fingerprint density at radius 3 is 2.55 bits per heavy atom. The van der Waals surface area contributed by atoms with Gasteiger partial charge in [-0.2, -0.15) is 0 Å². The molecule has 0 spiro atoms. The first-order chi connectivity index (χ1) is 9.42. The molecule has 0 aliphatic carbocycles. The maximum atomic E-state index is 5.65. The van der Waals surface area contributed by atoms with Gasteiger partial charge in [0.15, 0.2) is 5.76 Å². The van der Waals surface area contributed by atoms with Crippen molar-refractivity contribution in [2.45, 2.75) is 46.4 Å². The van der Waals surface area contributed by atoms with E-state index in [9.17, 15) is 0 Å². The Labute approximate surface area is 120 Å². The zero-order valence-corrected chi connectivity index (χ0v) is 12.6. The maximum Gasteiger partial charge on any atom is 0.174 e. The van der Waals surface area contributed by atoms with Gasteiger partial charge in [0.05, 0.1) is 5.69 Å². The Kier molecular flexibility index (Phi) is 4.45. The van der Waals surface area contributed by atoms with Gasteiger partial charge in [-0.1, -0.05) is 22.9 Å².